The number of rotatable bonds is 3. The van der Waals surface area contributed by atoms with Gasteiger partial charge in [-0.1, -0.05) is 0 Å². The van der Waals surface area contributed by atoms with Gasteiger partial charge < -0.3 is 15.5 Å². The molecule has 82 valence electrons. The lowest BCUT2D eigenvalue weighted by Gasteiger charge is -2.39. The van der Waals surface area contributed by atoms with E-state index >= 15 is 0 Å². The molecule has 2 aliphatic rings. The molecule has 2 bridgehead atoms. The number of nitrogens with zero attached hydrogens (tertiary/aromatic N) is 1. The highest BCUT2D eigenvalue weighted by Crippen LogP contribution is 2.35. The summed E-state index contributed by atoms with van der Waals surface area (Å²) in [5.74, 6) is 0. The topological polar surface area (TPSA) is 55.7 Å². The van der Waals surface area contributed by atoms with Gasteiger partial charge in [-0.05, 0) is 32.7 Å². The Bertz CT molecular complexity index is 185. The van der Waals surface area contributed by atoms with Gasteiger partial charge in [-0.15, -0.1) is 0 Å². The van der Waals surface area contributed by atoms with Crippen molar-refractivity contribution in [3.63, 3.8) is 0 Å². The van der Waals surface area contributed by atoms with Crippen LogP contribution in [0.4, 0.5) is 0 Å². The predicted molar refractivity (Wildman–Crippen MR) is 53.8 cm³/mol. The van der Waals surface area contributed by atoms with Crippen LogP contribution in [0.1, 0.15) is 25.7 Å². The average Bonchev–Trinajstić information content (AvgIpc) is 2.38. The molecule has 2 rings (SSSR count). The molecule has 2 saturated heterocycles. The summed E-state index contributed by atoms with van der Waals surface area (Å²) in [6.07, 6.45) is 3.56. The van der Waals surface area contributed by atoms with Gasteiger partial charge in [-0.25, -0.2) is 0 Å². The minimum absolute atomic E-state index is 0.422. The van der Waals surface area contributed by atoms with Gasteiger partial charge in [0.15, 0.2) is 6.29 Å². The van der Waals surface area contributed by atoms with Gasteiger partial charge in [0.1, 0.15) is 0 Å². The van der Waals surface area contributed by atoms with Crippen molar-refractivity contribution in [3.05, 3.63) is 0 Å². The van der Waals surface area contributed by atoms with Crippen LogP contribution in [0.15, 0.2) is 0 Å². The van der Waals surface area contributed by atoms with E-state index < -0.39 is 6.29 Å². The standard InChI is InChI=1S/C10H20N2O2/c1-11-7-4-8-2-3-9(5-7)12(8)6-10(13)14/h7-11,13-14H,2-6H2,1H3. The molecule has 2 fully saturated rings. The highest BCUT2D eigenvalue weighted by Gasteiger charge is 2.40. The Morgan fingerprint density at radius 1 is 1.29 bits per heavy atom. The maximum atomic E-state index is 8.99. The molecule has 2 heterocycles. The third-order valence-electron chi connectivity index (χ3n) is 3.67. The van der Waals surface area contributed by atoms with E-state index in [1.807, 2.05) is 7.05 Å². The first kappa shape index (κ1) is 10.4. The molecule has 0 radical (unpaired) electrons. The second kappa shape index (κ2) is 4.14. The molecule has 0 aromatic rings. The number of hydrogen-bond donors (Lipinski definition) is 3. The Balaban J connectivity index is 1.96. The van der Waals surface area contributed by atoms with Crippen LogP contribution >= 0.6 is 0 Å². The smallest absolute Gasteiger partial charge is 0.164 e. The molecule has 0 amide bonds. The summed E-state index contributed by atoms with van der Waals surface area (Å²) in [7, 11) is 2.01. The molecule has 0 aliphatic carbocycles. The summed E-state index contributed by atoms with van der Waals surface area (Å²) >= 11 is 0. The van der Waals surface area contributed by atoms with Crippen LogP contribution in [-0.2, 0) is 0 Å². The minimum Gasteiger partial charge on any atom is -0.367 e. The number of fused-ring (bicyclic) bond motifs is 2. The van der Waals surface area contributed by atoms with Crippen molar-refractivity contribution in [1.82, 2.24) is 10.2 Å². The lowest BCUT2D eigenvalue weighted by molar-refractivity contribution is -0.0759. The second-order valence-corrected chi connectivity index (χ2v) is 4.52. The van der Waals surface area contributed by atoms with Crippen molar-refractivity contribution in [2.75, 3.05) is 13.6 Å². The van der Waals surface area contributed by atoms with Crippen molar-refractivity contribution >= 4 is 0 Å². The van der Waals surface area contributed by atoms with E-state index in [1.165, 1.54) is 12.8 Å². The molecule has 0 saturated carbocycles. The third kappa shape index (κ3) is 1.93. The zero-order chi connectivity index (χ0) is 10.1. The Labute approximate surface area is 84.9 Å². The van der Waals surface area contributed by atoms with Crippen LogP contribution in [-0.4, -0.2) is 53.1 Å². The van der Waals surface area contributed by atoms with Gasteiger partial charge in [0.2, 0.25) is 0 Å². The fraction of sp³-hybridized carbons (Fsp3) is 1.00. The molecule has 4 heteroatoms. The highest BCUT2D eigenvalue weighted by molar-refractivity contribution is 4.97. The summed E-state index contributed by atoms with van der Waals surface area (Å²) in [6.45, 7) is 0.422. The molecule has 2 unspecified atom stereocenters. The molecule has 14 heavy (non-hydrogen) atoms. The maximum absolute atomic E-state index is 8.99. The third-order valence-corrected chi connectivity index (χ3v) is 3.67. The van der Waals surface area contributed by atoms with E-state index in [-0.39, 0.29) is 0 Å². The quantitative estimate of drug-likeness (QED) is 0.538. The highest BCUT2D eigenvalue weighted by atomic mass is 16.5. The van der Waals surface area contributed by atoms with E-state index in [2.05, 4.69) is 10.2 Å². The Morgan fingerprint density at radius 3 is 2.29 bits per heavy atom. The van der Waals surface area contributed by atoms with Crippen molar-refractivity contribution in [1.29, 1.82) is 0 Å². The zero-order valence-corrected chi connectivity index (χ0v) is 8.69. The van der Waals surface area contributed by atoms with Crippen LogP contribution in [0.5, 0.6) is 0 Å². The summed E-state index contributed by atoms with van der Waals surface area (Å²) in [5, 5.41) is 21.3. The Hall–Kier alpha value is -0.160. The Kier molecular flexibility index (Phi) is 3.07. The lowest BCUT2D eigenvalue weighted by Crippen LogP contribution is -2.50. The van der Waals surface area contributed by atoms with Crippen LogP contribution in [0, 0.1) is 0 Å². The van der Waals surface area contributed by atoms with Crippen molar-refractivity contribution in [2.45, 2.75) is 50.1 Å². The van der Waals surface area contributed by atoms with Crippen molar-refractivity contribution in [3.8, 4) is 0 Å². The zero-order valence-electron chi connectivity index (χ0n) is 8.69. The number of hydrogen-bond acceptors (Lipinski definition) is 4. The molecule has 0 aromatic heterocycles. The second-order valence-electron chi connectivity index (χ2n) is 4.52. The van der Waals surface area contributed by atoms with Gasteiger partial charge in [-0.3, -0.25) is 4.90 Å². The molecule has 3 N–H and O–H groups in total. The average molecular weight is 200 g/mol. The van der Waals surface area contributed by atoms with Gasteiger partial charge in [0.05, 0.1) is 0 Å². The van der Waals surface area contributed by atoms with E-state index in [4.69, 9.17) is 10.2 Å². The molecule has 2 atom stereocenters. The number of aliphatic hydroxyl groups excluding tert-OH is 1. The fourth-order valence-corrected chi connectivity index (χ4v) is 3.00. The summed E-state index contributed by atoms with van der Waals surface area (Å²) in [5.41, 5.74) is 0. The monoisotopic (exact) mass is 200 g/mol. The molecule has 2 aliphatic heterocycles. The minimum atomic E-state index is -1.18. The molecular formula is C10H20N2O2. The number of nitrogens with one attached hydrogen (secondary N) is 1. The summed E-state index contributed by atoms with van der Waals surface area (Å²) in [4.78, 5) is 2.28. The van der Waals surface area contributed by atoms with Crippen molar-refractivity contribution < 1.29 is 10.2 Å². The van der Waals surface area contributed by atoms with Gasteiger partial charge in [-0.2, -0.15) is 0 Å². The lowest BCUT2D eigenvalue weighted by atomic mass is 9.97. The van der Waals surface area contributed by atoms with Crippen molar-refractivity contribution in [2.24, 2.45) is 0 Å². The fourth-order valence-electron chi connectivity index (χ4n) is 3.00. The molecule has 4 nitrogen and oxygen atoms in total. The normalized spacial score (nSPS) is 38.1. The van der Waals surface area contributed by atoms with Crippen LogP contribution < -0.4 is 5.32 Å². The SMILES string of the molecule is CNC1CC2CCC(C1)N2CC(O)O. The first-order valence-corrected chi connectivity index (χ1v) is 5.50. The van der Waals surface area contributed by atoms with E-state index in [0.717, 1.165) is 12.8 Å². The van der Waals surface area contributed by atoms with Gasteiger partial charge >= 0.3 is 0 Å². The predicted octanol–water partition coefficient (Wildman–Crippen LogP) is -0.488. The van der Waals surface area contributed by atoms with Crippen LogP contribution in [0.25, 0.3) is 0 Å². The summed E-state index contributed by atoms with van der Waals surface area (Å²) in [6, 6.07) is 1.75. The number of piperidine rings is 1. The first-order valence-electron chi connectivity index (χ1n) is 5.50. The van der Waals surface area contributed by atoms with E-state index in [9.17, 15) is 0 Å². The van der Waals surface area contributed by atoms with E-state index in [1.54, 1.807) is 0 Å². The van der Waals surface area contributed by atoms with Crippen LogP contribution in [0.3, 0.4) is 0 Å². The molecule has 0 spiro atoms. The maximum Gasteiger partial charge on any atom is 0.164 e. The molecular weight excluding hydrogens is 180 g/mol. The number of aliphatic hydroxyl groups is 2. The van der Waals surface area contributed by atoms with Gasteiger partial charge in [0.25, 0.3) is 0 Å². The Morgan fingerprint density at radius 2 is 1.86 bits per heavy atom. The summed E-state index contributed by atoms with van der Waals surface area (Å²) < 4.78 is 0. The van der Waals surface area contributed by atoms with E-state index in [0.29, 0.717) is 24.7 Å². The first-order chi connectivity index (χ1) is 6.70. The molecule has 0 aromatic carbocycles. The van der Waals surface area contributed by atoms with Crippen LogP contribution in [0.2, 0.25) is 0 Å². The van der Waals surface area contributed by atoms with Gasteiger partial charge in [0, 0.05) is 24.7 Å². The largest absolute Gasteiger partial charge is 0.367 e.